The SMILES string of the molecule is CC1CCC(O)CC1.CC1CCCCC1. The zero-order valence-corrected chi connectivity index (χ0v) is 10.5. The van der Waals surface area contributed by atoms with Gasteiger partial charge in [-0.2, -0.15) is 0 Å². The van der Waals surface area contributed by atoms with Crippen molar-refractivity contribution in [3.8, 4) is 0 Å². The Bertz CT molecular complexity index is 131. The molecular formula is C14H28O. The van der Waals surface area contributed by atoms with Crippen molar-refractivity contribution in [3.63, 3.8) is 0 Å². The van der Waals surface area contributed by atoms with Crippen molar-refractivity contribution in [2.24, 2.45) is 11.8 Å². The molecule has 90 valence electrons. The largest absolute Gasteiger partial charge is 0.393 e. The molecule has 0 amide bonds. The van der Waals surface area contributed by atoms with E-state index >= 15 is 0 Å². The smallest absolute Gasteiger partial charge is 0.0540 e. The molecule has 1 N–H and O–H groups in total. The Morgan fingerprint density at radius 3 is 1.47 bits per heavy atom. The van der Waals surface area contributed by atoms with Crippen molar-refractivity contribution in [2.45, 2.75) is 77.7 Å². The highest BCUT2D eigenvalue weighted by Gasteiger charge is 2.14. The van der Waals surface area contributed by atoms with Gasteiger partial charge in [-0.05, 0) is 37.5 Å². The van der Waals surface area contributed by atoms with Crippen molar-refractivity contribution in [1.82, 2.24) is 0 Å². The van der Waals surface area contributed by atoms with Crippen LogP contribution in [0.2, 0.25) is 0 Å². The van der Waals surface area contributed by atoms with E-state index in [1.165, 1.54) is 44.9 Å². The van der Waals surface area contributed by atoms with Crippen molar-refractivity contribution in [3.05, 3.63) is 0 Å². The Hall–Kier alpha value is -0.0400. The van der Waals surface area contributed by atoms with E-state index in [0.29, 0.717) is 0 Å². The molecule has 0 heterocycles. The molecule has 1 nitrogen and oxygen atoms in total. The molecule has 2 aliphatic carbocycles. The zero-order valence-electron chi connectivity index (χ0n) is 10.5. The van der Waals surface area contributed by atoms with Gasteiger partial charge in [0.2, 0.25) is 0 Å². The molecule has 0 spiro atoms. The van der Waals surface area contributed by atoms with Crippen LogP contribution in [-0.2, 0) is 0 Å². The first-order valence-corrected chi connectivity index (χ1v) is 6.86. The molecule has 0 aromatic carbocycles. The summed E-state index contributed by atoms with van der Waals surface area (Å²) in [5.41, 5.74) is 0. The van der Waals surface area contributed by atoms with Crippen LogP contribution in [0.25, 0.3) is 0 Å². The monoisotopic (exact) mass is 212 g/mol. The van der Waals surface area contributed by atoms with Crippen molar-refractivity contribution in [1.29, 1.82) is 0 Å². The molecule has 2 saturated carbocycles. The van der Waals surface area contributed by atoms with Crippen molar-refractivity contribution >= 4 is 0 Å². The van der Waals surface area contributed by atoms with E-state index in [1.54, 1.807) is 0 Å². The maximum Gasteiger partial charge on any atom is 0.0540 e. The minimum atomic E-state index is 0.0196. The molecule has 0 aromatic rings. The number of rotatable bonds is 0. The lowest BCUT2D eigenvalue weighted by molar-refractivity contribution is 0.112. The molecule has 2 fully saturated rings. The zero-order chi connectivity index (χ0) is 11.1. The highest BCUT2D eigenvalue weighted by atomic mass is 16.3. The molecule has 0 unspecified atom stereocenters. The Morgan fingerprint density at radius 2 is 1.13 bits per heavy atom. The lowest BCUT2D eigenvalue weighted by Crippen LogP contribution is -2.15. The predicted molar refractivity (Wildman–Crippen MR) is 65.9 cm³/mol. The third-order valence-corrected chi connectivity index (χ3v) is 3.88. The molecular weight excluding hydrogens is 184 g/mol. The van der Waals surface area contributed by atoms with Gasteiger partial charge in [0.25, 0.3) is 0 Å². The van der Waals surface area contributed by atoms with E-state index in [0.717, 1.165) is 24.7 Å². The first-order valence-electron chi connectivity index (χ1n) is 6.86. The minimum Gasteiger partial charge on any atom is -0.393 e. The van der Waals surface area contributed by atoms with Gasteiger partial charge in [-0.15, -0.1) is 0 Å². The third-order valence-electron chi connectivity index (χ3n) is 3.88. The molecule has 15 heavy (non-hydrogen) atoms. The Morgan fingerprint density at radius 1 is 0.667 bits per heavy atom. The topological polar surface area (TPSA) is 20.2 Å². The van der Waals surface area contributed by atoms with Crippen LogP contribution < -0.4 is 0 Å². The molecule has 2 rings (SSSR count). The lowest BCUT2D eigenvalue weighted by Gasteiger charge is -2.21. The van der Waals surface area contributed by atoms with Crippen molar-refractivity contribution < 1.29 is 5.11 Å². The molecule has 0 aromatic heterocycles. The number of aliphatic hydroxyl groups is 1. The highest BCUT2D eigenvalue weighted by Crippen LogP contribution is 2.23. The third kappa shape index (κ3) is 6.19. The maximum absolute atomic E-state index is 9.03. The van der Waals surface area contributed by atoms with Gasteiger partial charge < -0.3 is 5.11 Å². The van der Waals surface area contributed by atoms with E-state index in [-0.39, 0.29) is 6.10 Å². The number of aliphatic hydroxyl groups excluding tert-OH is 1. The van der Waals surface area contributed by atoms with Gasteiger partial charge in [-0.1, -0.05) is 46.0 Å². The van der Waals surface area contributed by atoms with E-state index in [2.05, 4.69) is 13.8 Å². The molecule has 2 aliphatic rings. The molecule has 0 radical (unpaired) electrons. The van der Waals surface area contributed by atoms with Gasteiger partial charge in [-0.25, -0.2) is 0 Å². The van der Waals surface area contributed by atoms with Crippen LogP contribution in [0.3, 0.4) is 0 Å². The fraction of sp³-hybridized carbons (Fsp3) is 1.00. The fourth-order valence-corrected chi connectivity index (χ4v) is 2.55. The number of hydrogen-bond acceptors (Lipinski definition) is 1. The Balaban J connectivity index is 0.000000151. The van der Waals surface area contributed by atoms with Crippen LogP contribution in [0, 0.1) is 11.8 Å². The van der Waals surface area contributed by atoms with Gasteiger partial charge in [-0.3, -0.25) is 0 Å². The summed E-state index contributed by atoms with van der Waals surface area (Å²) in [7, 11) is 0. The standard InChI is InChI=1S/C7H14O.C7H14/c1-6-2-4-7(8)5-3-6;1-7-5-3-2-4-6-7/h6-8H,2-5H2,1H3;7H,2-6H2,1H3. The summed E-state index contributed by atoms with van der Waals surface area (Å²) in [4.78, 5) is 0. The van der Waals surface area contributed by atoms with E-state index in [1.807, 2.05) is 0 Å². The second kappa shape index (κ2) is 7.27. The average molecular weight is 212 g/mol. The van der Waals surface area contributed by atoms with Gasteiger partial charge in [0.15, 0.2) is 0 Å². The predicted octanol–water partition coefficient (Wildman–Crippen LogP) is 4.14. The molecule has 0 saturated heterocycles. The van der Waals surface area contributed by atoms with E-state index < -0.39 is 0 Å². The van der Waals surface area contributed by atoms with Gasteiger partial charge in [0.05, 0.1) is 6.10 Å². The minimum absolute atomic E-state index is 0.0196. The van der Waals surface area contributed by atoms with E-state index in [4.69, 9.17) is 5.11 Å². The first kappa shape index (κ1) is 13.0. The highest BCUT2D eigenvalue weighted by molar-refractivity contribution is 4.67. The Kier molecular flexibility index (Phi) is 6.31. The normalized spacial score (nSPS) is 33.0. The molecule has 1 heteroatoms. The van der Waals surface area contributed by atoms with Crippen molar-refractivity contribution in [2.75, 3.05) is 0 Å². The number of hydrogen-bond donors (Lipinski definition) is 1. The second-order valence-electron chi connectivity index (χ2n) is 5.66. The first-order chi connectivity index (χ1) is 7.18. The fourth-order valence-electron chi connectivity index (χ4n) is 2.55. The summed E-state index contributed by atoms with van der Waals surface area (Å²) < 4.78 is 0. The molecule has 0 bridgehead atoms. The summed E-state index contributed by atoms with van der Waals surface area (Å²) in [6, 6.07) is 0. The summed E-state index contributed by atoms with van der Waals surface area (Å²) in [6.07, 6.45) is 12.0. The summed E-state index contributed by atoms with van der Waals surface area (Å²) >= 11 is 0. The van der Waals surface area contributed by atoms with E-state index in [9.17, 15) is 0 Å². The average Bonchev–Trinajstić information content (AvgIpc) is 2.25. The van der Waals surface area contributed by atoms with Crippen LogP contribution in [0.5, 0.6) is 0 Å². The summed E-state index contributed by atoms with van der Waals surface area (Å²) in [5.74, 6) is 1.90. The molecule has 0 aliphatic heterocycles. The quantitative estimate of drug-likeness (QED) is 0.639. The van der Waals surface area contributed by atoms with Crippen LogP contribution in [0.1, 0.15) is 71.6 Å². The summed E-state index contributed by atoms with van der Waals surface area (Å²) in [5, 5.41) is 9.03. The van der Waals surface area contributed by atoms with Gasteiger partial charge in [0, 0.05) is 0 Å². The lowest BCUT2D eigenvalue weighted by atomic mass is 9.89. The maximum atomic E-state index is 9.03. The second-order valence-corrected chi connectivity index (χ2v) is 5.66. The van der Waals surface area contributed by atoms with Crippen LogP contribution in [0.4, 0.5) is 0 Å². The van der Waals surface area contributed by atoms with Crippen LogP contribution in [0.15, 0.2) is 0 Å². The van der Waals surface area contributed by atoms with Gasteiger partial charge in [0.1, 0.15) is 0 Å². The molecule has 0 atom stereocenters. The van der Waals surface area contributed by atoms with Gasteiger partial charge >= 0.3 is 0 Å². The van der Waals surface area contributed by atoms with Crippen LogP contribution >= 0.6 is 0 Å². The Labute approximate surface area is 95.3 Å². The van der Waals surface area contributed by atoms with Crippen LogP contribution in [-0.4, -0.2) is 11.2 Å². The summed E-state index contributed by atoms with van der Waals surface area (Å²) in [6.45, 7) is 4.62.